The summed E-state index contributed by atoms with van der Waals surface area (Å²) in [5.74, 6) is 0.964. The quantitative estimate of drug-likeness (QED) is 0.793. The van der Waals surface area contributed by atoms with Crippen molar-refractivity contribution in [2.24, 2.45) is 0 Å². The summed E-state index contributed by atoms with van der Waals surface area (Å²) in [6, 6.07) is 8.66. The molecule has 16 heavy (non-hydrogen) atoms. The number of rotatable bonds is 6. The van der Waals surface area contributed by atoms with Crippen molar-refractivity contribution >= 4 is 0 Å². The lowest BCUT2D eigenvalue weighted by atomic mass is 10.2. The van der Waals surface area contributed by atoms with Crippen LogP contribution in [0.4, 0.5) is 0 Å². The van der Waals surface area contributed by atoms with Gasteiger partial charge in [0.1, 0.15) is 5.75 Å². The SMILES string of the molecule is CNC(C)CN(C)Cc1ccccc1OC. The second kappa shape index (κ2) is 6.51. The molecule has 1 atom stereocenters. The molecule has 1 aromatic rings. The highest BCUT2D eigenvalue weighted by Crippen LogP contribution is 2.18. The Morgan fingerprint density at radius 3 is 2.69 bits per heavy atom. The zero-order chi connectivity index (χ0) is 12.0. The van der Waals surface area contributed by atoms with E-state index in [-0.39, 0.29) is 0 Å². The third-order valence-electron chi connectivity index (χ3n) is 2.71. The predicted molar refractivity (Wildman–Crippen MR) is 67.8 cm³/mol. The molecule has 1 unspecified atom stereocenters. The Labute approximate surface area is 98.4 Å². The fraction of sp³-hybridized carbons (Fsp3) is 0.538. The summed E-state index contributed by atoms with van der Waals surface area (Å²) in [6.45, 7) is 4.11. The fourth-order valence-electron chi connectivity index (χ4n) is 1.75. The third-order valence-corrected chi connectivity index (χ3v) is 2.71. The van der Waals surface area contributed by atoms with E-state index in [0.717, 1.165) is 18.8 Å². The molecule has 3 heteroatoms. The maximum Gasteiger partial charge on any atom is 0.123 e. The van der Waals surface area contributed by atoms with Gasteiger partial charge in [0, 0.05) is 24.7 Å². The molecule has 1 N–H and O–H groups in total. The van der Waals surface area contributed by atoms with Gasteiger partial charge in [-0.15, -0.1) is 0 Å². The smallest absolute Gasteiger partial charge is 0.123 e. The van der Waals surface area contributed by atoms with Gasteiger partial charge in [-0.2, -0.15) is 0 Å². The summed E-state index contributed by atoms with van der Waals surface area (Å²) in [5, 5.41) is 3.24. The van der Waals surface area contributed by atoms with E-state index in [1.807, 2.05) is 25.2 Å². The van der Waals surface area contributed by atoms with Crippen LogP contribution in [0.2, 0.25) is 0 Å². The van der Waals surface area contributed by atoms with E-state index < -0.39 is 0 Å². The second-order valence-electron chi connectivity index (χ2n) is 4.20. The Kier molecular flexibility index (Phi) is 5.29. The number of nitrogens with zero attached hydrogens (tertiary/aromatic N) is 1. The van der Waals surface area contributed by atoms with Crippen molar-refractivity contribution in [1.82, 2.24) is 10.2 Å². The lowest BCUT2D eigenvalue weighted by Gasteiger charge is -2.21. The fourth-order valence-corrected chi connectivity index (χ4v) is 1.75. The summed E-state index contributed by atoms with van der Waals surface area (Å²) < 4.78 is 5.34. The van der Waals surface area contributed by atoms with Crippen LogP contribution in [0.15, 0.2) is 24.3 Å². The van der Waals surface area contributed by atoms with Crippen LogP contribution in [-0.2, 0) is 6.54 Å². The first-order chi connectivity index (χ1) is 7.67. The number of para-hydroxylation sites is 1. The van der Waals surface area contributed by atoms with Crippen LogP contribution in [0.25, 0.3) is 0 Å². The maximum atomic E-state index is 5.34. The molecule has 0 amide bonds. The number of nitrogens with one attached hydrogen (secondary N) is 1. The van der Waals surface area contributed by atoms with Gasteiger partial charge in [0.25, 0.3) is 0 Å². The molecule has 0 aliphatic heterocycles. The molecular weight excluding hydrogens is 200 g/mol. The van der Waals surface area contributed by atoms with Gasteiger partial charge in [-0.1, -0.05) is 18.2 Å². The first kappa shape index (κ1) is 13.0. The maximum absolute atomic E-state index is 5.34. The molecule has 0 aromatic heterocycles. The molecule has 1 aromatic carbocycles. The molecule has 0 aliphatic carbocycles. The van der Waals surface area contributed by atoms with E-state index in [1.54, 1.807) is 7.11 Å². The first-order valence-corrected chi connectivity index (χ1v) is 5.65. The highest BCUT2D eigenvalue weighted by atomic mass is 16.5. The van der Waals surface area contributed by atoms with E-state index in [0.29, 0.717) is 6.04 Å². The molecule has 0 aliphatic rings. The number of likely N-dealkylation sites (N-methyl/N-ethyl adjacent to an activating group) is 2. The number of ether oxygens (including phenoxy) is 1. The monoisotopic (exact) mass is 222 g/mol. The van der Waals surface area contributed by atoms with Gasteiger partial charge < -0.3 is 15.0 Å². The summed E-state index contributed by atoms with van der Waals surface area (Å²) in [4.78, 5) is 2.29. The van der Waals surface area contributed by atoms with Crippen LogP contribution in [0.3, 0.4) is 0 Å². The molecule has 0 saturated carbocycles. The van der Waals surface area contributed by atoms with Crippen LogP contribution < -0.4 is 10.1 Å². The lowest BCUT2D eigenvalue weighted by molar-refractivity contribution is 0.289. The minimum atomic E-state index is 0.500. The number of hydrogen-bond donors (Lipinski definition) is 1. The minimum Gasteiger partial charge on any atom is -0.496 e. The van der Waals surface area contributed by atoms with Crippen molar-refractivity contribution in [2.45, 2.75) is 19.5 Å². The standard InChI is InChI=1S/C13H22N2O/c1-11(14-2)9-15(3)10-12-7-5-6-8-13(12)16-4/h5-8,11,14H,9-10H2,1-4H3. The molecule has 90 valence electrons. The molecular formula is C13H22N2O. The molecule has 0 heterocycles. The first-order valence-electron chi connectivity index (χ1n) is 5.65. The Bertz CT molecular complexity index is 315. The summed E-state index contributed by atoms with van der Waals surface area (Å²) >= 11 is 0. The Morgan fingerprint density at radius 1 is 1.38 bits per heavy atom. The van der Waals surface area contributed by atoms with Gasteiger partial charge in [0.15, 0.2) is 0 Å². The van der Waals surface area contributed by atoms with E-state index in [4.69, 9.17) is 4.74 Å². The van der Waals surface area contributed by atoms with Gasteiger partial charge in [-0.3, -0.25) is 0 Å². The number of methoxy groups -OCH3 is 1. The van der Waals surface area contributed by atoms with Crippen LogP contribution in [0.1, 0.15) is 12.5 Å². The average molecular weight is 222 g/mol. The highest BCUT2D eigenvalue weighted by molar-refractivity contribution is 5.32. The Hall–Kier alpha value is -1.06. The van der Waals surface area contributed by atoms with Crippen molar-refractivity contribution in [2.75, 3.05) is 27.7 Å². The topological polar surface area (TPSA) is 24.5 Å². The molecule has 0 saturated heterocycles. The van der Waals surface area contributed by atoms with Crippen LogP contribution in [0.5, 0.6) is 5.75 Å². The van der Waals surface area contributed by atoms with Crippen LogP contribution in [-0.4, -0.2) is 38.7 Å². The lowest BCUT2D eigenvalue weighted by Crippen LogP contribution is -2.35. The van der Waals surface area contributed by atoms with Crippen molar-refractivity contribution < 1.29 is 4.74 Å². The van der Waals surface area contributed by atoms with Gasteiger partial charge >= 0.3 is 0 Å². The van der Waals surface area contributed by atoms with E-state index in [9.17, 15) is 0 Å². The van der Waals surface area contributed by atoms with Gasteiger partial charge in [0.05, 0.1) is 7.11 Å². The van der Waals surface area contributed by atoms with Crippen molar-refractivity contribution in [3.63, 3.8) is 0 Å². The second-order valence-corrected chi connectivity index (χ2v) is 4.20. The molecule has 1 rings (SSSR count). The van der Waals surface area contributed by atoms with Crippen LogP contribution in [0, 0.1) is 0 Å². The zero-order valence-corrected chi connectivity index (χ0v) is 10.7. The molecule has 0 radical (unpaired) electrons. The number of hydrogen-bond acceptors (Lipinski definition) is 3. The van der Waals surface area contributed by atoms with Crippen molar-refractivity contribution in [3.05, 3.63) is 29.8 Å². The molecule has 0 bridgehead atoms. The summed E-state index contributed by atoms with van der Waals surface area (Å²) in [7, 11) is 5.83. The average Bonchev–Trinajstić information content (AvgIpc) is 2.29. The summed E-state index contributed by atoms with van der Waals surface area (Å²) in [5.41, 5.74) is 1.23. The Morgan fingerprint density at radius 2 is 2.06 bits per heavy atom. The molecule has 0 fully saturated rings. The normalized spacial score (nSPS) is 12.8. The van der Waals surface area contributed by atoms with Crippen molar-refractivity contribution in [1.29, 1.82) is 0 Å². The van der Waals surface area contributed by atoms with E-state index in [2.05, 4.69) is 30.3 Å². The van der Waals surface area contributed by atoms with Crippen LogP contribution >= 0.6 is 0 Å². The predicted octanol–water partition coefficient (Wildman–Crippen LogP) is 1.73. The largest absolute Gasteiger partial charge is 0.496 e. The Balaban J connectivity index is 2.58. The van der Waals surface area contributed by atoms with Gasteiger partial charge in [0.2, 0.25) is 0 Å². The molecule has 3 nitrogen and oxygen atoms in total. The third kappa shape index (κ3) is 3.83. The van der Waals surface area contributed by atoms with E-state index >= 15 is 0 Å². The molecule has 0 spiro atoms. The van der Waals surface area contributed by atoms with E-state index in [1.165, 1.54) is 5.56 Å². The van der Waals surface area contributed by atoms with Crippen molar-refractivity contribution in [3.8, 4) is 5.75 Å². The summed E-state index contributed by atoms with van der Waals surface area (Å²) in [6.07, 6.45) is 0. The zero-order valence-electron chi connectivity index (χ0n) is 10.7. The minimum absolute atomic E-state index is 0.500. The number of benzene rings is 1. The highest BCUT2D eigenvalue weighted by Gasteiger charge is 2.07. The van der Waals surface area contributed by atoms with Gasteiger partial charge in [-0.05, 0) is 27.1 Å². The van der Waals surface area contributed by atoms with Gasteiger partial charge in [-0.25, -0.2) is 0 Å².